The molecule has 0 radical (unpaired) electrons. The molecule has 1 N–H and O–H groups in total. The molecule has 0 saturated heterocycles. The van der Waals surface area contributed by atoms with E-state index in [1.165, 1.54) is 26.0 Å². The van der Waals surface area contributed by atoms with Crippen LogP contribution in [-0.2, 0) is 4.79 Å². The molecule has 3 nitrogen and oxygen atoms in total. The lowest BCUT2D eigenvalue weighted by atomic mass is 9.91. The Labute approximate surface area is 185 Å². The zero-order valence-corrected chi connectivity index (χ0v) is 20.4. The largest absolute Gasteiger partial charge is 0.391 e. The predicted molar refractivity (Wildman–Crippen MR) is 130 cm³/mol. The number of amides is 1. The summed E-state index contributed by atoms with van der Waals surface area (Å²) in [5.74, 6) is 2.50. The van der Waals surface area contributed by atoms with Gasteiger partial charge in [0.25, 0.3) is 0 Å². The molecule has 0 bridgehead atoms. The smallest absolute Gasteiger partial charge is 0.302 e. The number of hydrogen-bond acceptors (Lipinski definition) is 2. The highest BCUT2D eigenvalue weighted by Crippen LogP contribution is 2.35. The highest BCUT2D eigenvalue weighted by atomic mass is 127. The van der Waals surface area contributed by atoms with Crippen molar-refractivity contribution < 1.29 is 4.79 Å². The van der Waals surface area contributed by atoms with Gasteiger partial charge in [-0.1, -0.05) is 34.1 Å². The number of anilines is 1. The van der Waals surface area contributed by atoms with Gasteiger partial charge in [0.1, 0.15) is 0 Å². The van der Waals surface area contributed by atoms with Crippen LogP contribution in [0, 0.1) is 22.8 Å². The number of allylic oxidation sites excluding steroid dienone is 1. The molecule has 1 rings (SSSR count). The van der Waals surface area contributed by atoms with Gasteiger partial charge in [-0.15, -0.1) is 6.42 Å². The van der Waals surface area contributed by atoms with E-state index in [1.54, 1.807) is 0 Å². The fourth-order valence-corrected chi connectivity index (χ4v) is 4.15. The summed E-state index contributed by atoms with van der Waals surface area (Å²) in [6.07, 6.45) is 10.6. The number of hydrogen-bond donors (Lipinski definition) is 1. The van der Waals surface area contributed by atoms with Crippen molar-refractivity contribution in [2.75, 3.05) is 18.5 Å². The third-order valence-electron chi connectivity index (χ3n) is 5.40. The summed E-state index contributed by atoms with van der Waals surface area (Å²) < 4.78 is 1.23. The van der Waals surface area contributed by atoms with Crippen molar-refractivity contribution in [1.29, 1.82) is 0 Å². The van der Waals surface area contributed by atoms with Crippen LogP contribution in [0.1, 0.15) is 76.8 Å². The molecule has 1 aromatic carbocycles. The zero-order valence-electron chi connectivity index (χ0n) is 18.3. The molecule has 0 aliphatic heterocycles. The first-order valence-corrected chi connectivity index (χ1v) is 11.4. The minimum absolute atomic E-state index is 0.272. The van der Waals surface area contributed by atoms with Gasteiger partial charge >= 0.3 is 5.91 Å². The summed E-state index contributed by atoms with van der Waals surface area (Å²) >= 11 is 2.38. The van der Waals surface area contributed by atoms with E-state index in [0.29, 0.717) is 12.5 Å². The van der Waals surface area contributed by atoms with E-state index in [1.807, 2.05) is 11.9 Å². The van der Waals surface area contributed by atoms with Crippen molar-refractivity contribution in [1.82, 2.24) is 5.32 Å². The summed E-state index contributed by atoms with van der Waals surface area (Å²) in [4.78, 5) is 14.6. The summed E-state index contributed by atoms with van der Waals surface area (Å²) in [6.45, 7) is 11.3. The number of aryl methyl sites for hydroxylation is 1. The lowest BCUT2D eigenvalue weighted by molar-refractivity contribution is -0.113. The maximum Gasteiger partial charge on any atom is 0.302 e. The Morgan fingerprint density at radius 2 is 1.89 bits per heavy atom. The molecule has 154 valence electrons. The van der Waals surface area contributed by atoms with Crippen LogP contribution >= 0.6 is 22.6 Å². The van der Waals surface area contributed by atoms with Gasteiger partial charge < -0.3 is 5.32 Å². The topological polar surface area (TPSA) is 32.3 Å². The molecule has 0 aliphatic carbocycles. The van der Waals surface area contributed by atoms with Gasteiger partial charge in [-0.05, 0) is 95.9 Å². The third-order valence-corrected chi connectivity index (χ3v) is 6.56. The van der Waals surface area contributed by atoms with Gasteiger partial charge in [0.05, 0.1) is 0 Å². The van der Waals surface area contributed by atoms with Gasteiger partial charge in [0.2, 0.25) is 0 Å². The van der Waals surface area contributed by atoms with E-state index in [0.717, 1.165) is 37.8 Å². The van der Waals surface area contributed by atoms with E-state index in [4.69, 9.17) is 6.42 Å². The van der Waals surface area contributed by atoms with Crippen LogP contribution in [0.5, 0.6) is 0 Å². The monoisotopic (exact) mass is 494 g/mol. The summed E-state index contributed by atoms with van der Waals surface area (Å²) in [7, 11) is 1.96. The second-order valence-corrected chi connectivity index (χ2v) is 8.31. The van der Waals surface area contributed by atoms with E-state index < -0.39 is 0 Å². The van der Waals surface area contributed by atoms with Crippen molar-refractivity contribution in [2.45, 2.75) is 72.6 Å². The number of carbonyl (C=O) groups excluding carboxylic acids is 1. The lowest BCUT2D eigenvalue weighted by Gasteiger charge is -2.29. The quantitative estimate of drug-likeness (QED) is 0.313. The standard InChI is InChI=1S/C24H35IN2O/c1-8-13-22(26-7)19(11-4)16-27(24(28)12-5)23-14-17(6)21(25)15-20(23)18(9-2)10-3/h5,14-15,18,26H,8-11,13,16H2,1-4,6-7H3/b22-19-. The van der Waals surface area contributed by atoms with Crippen LogP contribution in [-0.4, -0.2) is 19.5 Å². The molecular formula is C24H35IN2O. The third kappa shape index (κ3) is 6.01. The fourth-order valence-electron chi connectivity index (χ4n) is 3.66. The Hall–Kier alpha value is -1.48. The van der Waals surface area contributed by atoms with Crippen molar-refractivity contribution in [2.24, 2.45) is 0 Å². The van der Waals surface area contributed by atoms with Crippen molar-refractivity contribution in [3.8, 4) is 12.3 Å². The van der Waals surface area contributed by atoms with Crippen LogP contribution < -0.4 is 10.2 Å². The summed E-state index contributed by atoms with van der Waals surface area (Å²) in [5, 5.41) is 3.34. The second kappa shape index (κ2) is 12.2. The number of carbonyl (C=O) groups is 1. The molecule has 0 heterocycles. The average Bonchev–Trinajstić information content (AvgIpc) is 2.70. The van der Waals surface area contributed by atoms with Crippen LogP contribution in [0.15, 0.2) is 23.4 Å². The molecule has 0 unspecified atom stereocenters. The minimum Gasteiger partial charge on any atom is -0.391 e. The molecule has 1 aromatic rings. The Morgan fingerprint density at radius 3 is 2.36 bits per heavy atom. The molecule has 0 saturated carbocycles. The number of benzene rings is 1. The van der Waals surface area contributed by atoms with E-state index in [2.05, 4.69) is 80.6 Å². The first kappa shape index (κ1) is 24.6. The lowest BCUT2D eigenvalue weighted by Crippen LogP contribution is -2.34. The van der Waals surface area contributed by atoms with Gasteiger partial charge in [-0.2, -0.15) is 0 Å². The summed E-state index contributed by atoms with van der Waals surface area (Å²) in [6, 6.07) is 4.37. The number of terminal acetylenes is 1. The number of nitrogens with one attached hydrogen (secondary N) is 1. The molecule has 0 atom stereocenters. The fraction of sp³-hybridized carbons (Fsp3) is 0.542. The van der Waals surface area contributed by atoms with Gasteiger partial charge in [0, 0.05) is 28.5 Å². The van der Waals surface area contributed by atoms with Crippen LogP contribution in [0.3, 0.4) is 0 Å². The predicted octanol–water partition coefficient (Wildman–Crippen LogP) is 6.15. The van der Waals surface area contributed by atoms with Crippen LogP contribution in [0.4, 0.5) is 5.69 Å². The van der Waals surface area contributed by atoms with E-state index >= 15 is 0 Å². The Morgan fingerprint density at radius 1 is 1.25 bits per heavy atom. The van der Waals surface area contributed by atoms with Gasteiger partial charge in [0.15, 0.2) is 0 Å². The molecule has 0 fully saturated rings. The van der Waals surface area contributed by atoms with E-state index in [-0.39, 0.29) is 5.91 Å². The number of rotatable bonds is 10. The van der Waals surface area contributed by atoms with Gasteiger partial charge in [-0.25, -0.2) is 0 Å². The zero-order chi connectivity index (χ0) is 21.3. The minimum atomic E-state index is -0.272. The van der Waals surface area contributed by atoms with Crippen molar-refractivity contribution >= 4 is 34.2 Å². The normalized spacial score (nSPS) is 11.8. The Bertz CT molecular complexity index is 742. The van der Waals surface area contributed by atoms with Crippen molar-refractivity contribution in [3.63, 3.8) is 0 Å². The molecular weight excluding hydrogens is 459 g/mol. The van der Waals surface area contributed by atoms with E-state index in [9.17, 15) is 4.79 Å². The highest BCUT2D eigenvalue weighted by Gasteiger charge is 2.23. The maximum atomic E-state index is 12.8. The van der Waals surface area contributed by atoms with Crippen molar-refractivity contribution in [3.05, 3.63) is 38.1 Å². The molecule has 28 heavy (non-hydrogen) atoms. The Balaban J connectivity index is 3.60. The number of nitrogens with zero attached hydrogens (tertiary/aromatic N) is 1. The SMILES string of the molecule is C#CC(=O)N(C/C(CC)=C(/CCC)NC)c1cc(C)c(I)cc1C(CC)CC. The second-order valence-electron chi connectivity index (χ2n) is 7.14. The Kier molecular flexibility index (Phi) is 10.7. The first-order valence-electron chi connectivity index (χ1n) is 10.3. The molecule has 1 amide bonds. The van der Waals surface area contributed by atoms with Crippen LogP contribution in [0.2, 0.25) is 0 Å². The molecule has 4 heteroatoms. The maximum absolute atomic E-state index is 12.8. The molecule has 0 spiro atoms. The highest BCUT2D eigenvalue weighted by molar-refractivity contribution is 14.1. The number of halogens is 1. The summed E-state index contributed by atoms with van der Waals surface area (Å²) in [5.41, 5.74) is 5.81. The molecule has 0 aliphatic rings. The van der Waals surface area contributed by atoms with Gasteiger partial charge in [-0.3, -0.25) is 9.69 Å². The van der Waals surface area contributed by atoms with Crippen LogP contribution in [0.25, 0.3) is 0 Å². The average molecular weight is 494 g/mol. The molecule has 0 aromatic heterocycles. The first-order chi connectivity index (χ1) is 13.4.